The summed E-state index contributed by atoms with van der Waals surface area (Å²) in [5.74, 6) is 0.895. The van der Waals surface area contributed by atoms with Crippen molar-refractivity contribution in [1.82, 2.24) is 20.5 Å². The standard InChI is InChI=1S/C22H35N5O/c1-5-23-21(26-16-22(27(3)4)10-13-28-14-11-22)24-12-9-18-15-25-20-17(2)7-6-8-19(18)20/h6-8,15,25H,5,9-14,16H2,1-4H3,(H2,23,24,26). The van der Waals surface area contributed by atoms with Crippen molar-refractivity contribution < 1.29 is 4.74 Å². The molecule has 1 fully saturated rings. The smallest absolute Gasteiger partial charge is 0.191 e. The van der Waals surface area contributed by atoms with Gasteiger partial charge in [0.1, 0.15) is 0 Å². The third kappa shape index (κ3) is 4.67. The molecule has 0 amide bonds. The highest BCUT2D eigenvalue weighted by atomic mass is 16.5. The van der Waals surface area contributed by atoms with Gasteiger partial charge in [-0.1, -0.05) is 18.2 Å². The average molecular weight is 386 g/mol. The Morgan fingerprint density at radius 3 is 2.75 bits per heavy atom. The second kappa shape index (κ2) is 9.43. The van der Waals surface area contributed by atoms with E-state index in [2.05, 4.69) is 72.9 Å². The van der Waals surface area contributed by atoms with Gasteiger partial charge in [0, 0.05) is 48.9 Å². The minimum Gasteiger partial charge on any atom is -0.381 e. The van der Waals surface area contributed by atoms with Gasteiger partial charge in [-0.25, -0.2) is 0 Å². The first-order chi connectivity index (χ1) is 13.6. The Morgan fingerprint density at radius 1 is 1.25 bits per heavy atom. The molecule has 1 aliphatic heterocycles. The third-order valence-electron chi connectivity index (χ3n) is 5.94. The predicted molar refractivity (Wildman–Crippen MR) is 117 cm³/mol. The highest BCUT2D eigenvalue weighted by Gasteiger charge is 2.34. The molecule has 3 rings (SSSR count). The zero-order valence-electron chi connectivity index (χ0n) is 17.8. The van der Waals surface area contributed by atoms with E-state index < -0.39 is 0 Å². The number of ether oxygens (including phenoxy) is 1. The lowest BCUT2D eigenvalue weighted by Gasteiger charge is -2.41. The Kier molecular flexibility index (Phi) is 6.97. The maximum Gasteiger partial charge on any atom is 0.191 e. The molecule has 0 saturated carbocycles. The van der Waals surface area contributed by atoms with E-state index in [1.54, 1.807) is 0 Å². The monoisotopic (exact) mass is 385 g/mol. The van der Waals surface area contributed by atoms with Crippen LogP contribution in [-0.2, 0) is 11.2 Å². The molecule has 1 saturated heterocycles. The molecule has 1 aromatic carbocycles. The van der Waals surface area contributed by atoms with Crippen LogP contribution >= 0.6 is 0 Å². The van der Waals surface area contributed by atoms with E-state index in [1.165, 1.54) is 22.0 Å². The van der Waals surface area contributed by atoms with Crippen LogP contribution in [0, 0.1) is 6.92 Å². The zero-order chi connectivity index (χ0) is 20.0. The Balaban J connectivity index is 1.62. The SMILES string of the molecule is CCNC(=NCC1(N(C)C)CCOCC1)NCCc1c[nH]c2c(C)cccc12. The van der Waals surface area contributed by atoms with E-state index >= 15 is 0 Å². The van der Waals surface area contributed by atoms with Gasteiger partial charge >= 0.3 is 0 Å². The average Bonchev–Trinajstić information content (AvgIpc) is 3.11. The maximum absolute atomic E-state index is 5.57. The van der Waals surface area contributed by atoms with E-state index in [-0.39, 0.29) is 5.54 Å². The molecule has 6 nitrogen and oxygen atoms in total. The number of H-pyrrole nitrogens is 1. The molecule has 2 aromatic rings. The quantitative estimate of drug-likeness (QED) is 0.506. The first kappa shape index (κ1) is 20.7. The molecule has 0 unspecified atom stereocenters. The van der Waals surface area contributed by atoms with Crippen LogP contribution in [0.4, 0.5) is 0 Å². The number of para-hydroxylation sites is 1. The van der Waals surface area contributed by atoms with Crippen LogP contribution < -0.4 is 10.6 Å². The number of rotatable bonds is 7. The molecule has 1 aromatic heterocycles. The summed E-state index contributed by atoms with van der Waals surface area (Å²) >= 11 is 0. The maximum atomic E-state index is 5.57. The van der Waals surface area contributed by atoms with Gasteiger partial charge in [0.2, 0.25) is 0 Å². The van der Waals surface area contributed by atoms with Gasteiger partial charge in [-0.2, -0.15) is 0 Å². The summed E-state index contributed by atoms with van der Waals surface area (Å²) in [5, 5.41) is 8.21. The number of fused-ring (bicyclic) bond motifs is 1. The summed E-state index contributed by atoms with van der Waals surface area (Å²) < 4.78 is 5.57. The Morgan fingerprint density at radius 2 is 2.04 bits per heavy atom. The molecule has 6 heteroatoms. The van der Waals surface area contributed by atoms with Crippen LogP contribution in [0.3, 0.4) is 0 Å². The van der Waals surface area contributed by atoms with Crippen molar-refractivity contribution >= 4 is 16.9 Å². The number of guanidine groups is 1. The van der Waals surface area contributed by atoms with Crippen molar-refractivity contribution in [2.45, 2.75) is 38.6 Å². The van der Waals surface area contributed by atoms with Crippen molar-refractivity contribution in [2.75, 3.05) is 46.9 Å². The van der Waals surface area contributed by atoms with Gasteiger partial charge in [-0.3, -0.25) is 4.99 Å². The largest absolute Gasteiger partial charge is 0.381 e. The molecule has 28 heavy (non-hydrogen) atoms. The summed E-state index contributed by atoms with van der Waals surface area (Å²) in [6.07, 6.45) is 5.14. The first-order valence-electron chi connectivity index (χ1n) is 10.4. The fourth-order valence-electron chi connectivity index (χ4n) is 3.95. The molecule has 0 bridgehead atoms. The van der Waals surface area contributed by atoms with Crippen LogP contribution in [0.25, 0.3) is 10.9 Å². The number of benzene rings is 1. The minimum absolute atomic E-state index is 0.0922. The Hall–Kier alpha value is -2.05. The molecule has 2 heterocycles. The molecular weight excluding hydrogens is 350 g/mol. The number of nitrogens with one attached hydrogen (secondary N) is 3. The van der Waals surface area contributed by atoms with Crippen molar-refractivity contribution in [3.05, 3.63) is 35.5 Å². The lowest BCUT2D eigenvalue weighted by atomic mass is 9.89. The summed E-state index contributed by atoms with van der Waals surface area (Å²) in [5.41, 5.74) is 3.97. The Labute approximate surface area is 168 Å². The molecule has 0 atom stereocenters. The number of aromatic amines is 1. The first-order valence-corrected chi connectivity index (χ1v) is 10.4. The molecule has 0 spiro atoms. The number of nitrogens with zero attached hydrogens (tertiary/aromatic N) is 2. The van der Waals surface area contributed by atoms with Crippen LogP contribution in [0.1, 0.15) is 30.9 Å². The number of aromatic nitrogens is 1. The molecule has 0 radical (unpaired) electrons. The minimum atomic E-state index is 0.0922. The van der Waals surface area contributed by atoms with Gasteiger partial charge in [0.25, 0.3) is 0 Å². The zero-order valence-corrected chi connectivity index (χ0v) is 17.8. The van der Waals surface area contributed by atoms with Gasteiger partial charge < -0.3 is 25.3 Å². The number of likely N-dealkylation sites (N-methyl/N-ethyl adjacent to an activating group) is 1. The van der Waals surface area contributed by atoms with Gasteiger partial charge in [0.15, 0.2) is 5.96 Å². The second-order valence-electron chi connectivity index (χ2n) is 7.91. The van der Waals surface area contributed by atoms with E-state index in [9.17, 15) is 0 Å². The molecule has 0 aliphatic carbocycles. The highest BCUT2D eigenvalue weighted by Crippen LogP contribution is 2.26. The second-order valence-corrected chi connectivity index (χ2v) is 7.91. The number of hydrogen-bond acceptors (Lipinski definition) is 3. The molecule has 1 aliphatic rings. The lowest BCUT2D eigenvalue weighted by molar-refractivity contribution is -0.00254. The van der Waals surface area contributed by atoms with E-state index in [0.29, 0.717) is 0 Å². The highest BCUT2D eigenvalue weighted by molar-refractivity contribution is 5.86. The van der Waals surface area contributed by atoms with Crippen molar-refractivity contribution in [3.8, 4) is 0 Å². The van der Waals surface area contributed by atoms with Crippen LogP contribution in [0.5, 0.6) is 0 Å². The molecular formula is C22H35N5O. The van der Waals surface area contributed by atoms with Crippen LogP contribution in [-0.4, -0.2) is 68.3 Å². The van der Waals surface area contributed by atoms with E-state index in [0.717, 1.165) is 58.1 Å². The van der Waals surface area contributed by atoms with Gasteiger partial charge in [-0.05, 0) is 58.3 Å². The van der Waals surface area contributed by atoms with Crippen LogP contribution in [0.15, 0.2) is 29.4 Å². The van der Waals surface area contributed by atoms with Crippen LogP contribution in [0.2, 0.25) is 0 Å². The van der Waals surface area contributed by atoms with Gasteiger partial charge in [-0.15, -0.1) is 0 Å². The fourth-order valence-corrected chi connectivity index (χ4v) is 3.95. The summed E-state index contributed by atoms with van der Waals surface area (Å²) in [6.45, 7) is 8.38. The predicted octanol–water partition coefficient (Wildman–Crippen LogP) is 2.68. The van der Waals surface area contributed by atoms with E-state index in [1.807, 2.05) is 0 Å². The lowest BCUT2D eigenvalue weighted by Crippen LogP contribution is -2.51. The molecule has 3 N–H and O–H groups in total. The fraction of sp³-hybridized carbons (Fsp3) is 0.591. The Bertz CT molecular complexity index is 789. The van der Waals surface area contributed by atoms with Crippen molar-refractivity contribution in [3.63, 3.8) is 0 Å². The summed E-state index contributed by atoms with van der Waals surface area (Å²) in [7, 11) is 4.31. The molecule has 154 valence electrons. The third-order valence-corrected chi connectivity index (χ3v) is 5.94. The van der Waals surface area contributed by atoms with E-state index in [4.69, 9.17) is 9.73 Å². The normalized spacial score (nSPS) is 17.2. The summed E-state index contributed by atoms with van der Waals surface area (Å²) in [4.78, 5) is 10.6. The number of aliphatic imine (C=N–C) groups is 1. The summed E-state index contributed by atoms with van der Waals surface area (Å²) in [6, 6.07) is 6.47. The van der Waals surface area contributed by atoms with Crippen molar-refractivity contribution in [1.29, 1.82) is 0 Å². The van der Waals surface area contributed by atoms with Crippen molar-refractivity contribution in [2.24, 2.45) is 4.99 Å². The van der Waals surface area contributed by atoms with Gasteiger partial charge in [0.05, 0.1) is 6.54 Å². The number of aryl methyl sites for hydroxylation is 1. The topological polar surface area (TPSA) is 64.7 Å². The number of hydrogen-bond donors (Lipinski definition) is 3.